The first-order chi connectivity index (χ1) is 13.5. The third-order valence-electron chi connectivity index (χ3n) is 4.89. The molecule has 2 heteroatoms. The molecule has 0 fully saturated rings. The van der Waals surface area contributed by atoms with Gasteiger partial charge in [0.25, 0.3) is 0 Å². The first-order valence-corrected chi connectivity index (χ1v) is 11.3. The molecule has 0 saturated heterocycles. The van der Waals surface area contributed by atoms with Crippen molar-refractivity contribution in [1.29, 1.82) is 0 Å². The third kappa shape index (κ3) is 23.2. The van der Waals surface area contributed by atoms with Crippen LogP contribution in [0.1, 0.15) is 138 Å². The topological polar surface area (TPSA) is 37.3 Å². The van der Waals surface area contributed by atoms with E-state index in [9.17, 15) is 4.79 Å². The molecule has 0 bridgehead atoms. The highest BCUT2D eigenvalue weighted by atomic mass is 16.4. The van der Waals surface area contributed by atoms with Crippen molar-refractivity contribution in [3.63, 3.8) is 0 Å². The Morgan fingerprint density at radius 1 is 0.692 bits per heavy atom. The van der Waals surface area contributed by atoms with Crippen molar-refractivity contribution in [3.05, 3.63) is 12.2 Å². The summed E-state index contributed by atoms with van der Waals surface area (Å²) in [5.74, 6) is -1.04. The molecule has 0 amide bonds. The summed E-state index contributed by atoms with van der Waals surface area (Å²) in [4.78, 5) is 10.6. The van der Waals surface area contributed by atoms with Crippen LogP contribution in [-0.4, -0.2) is 11.1 Å². The number of hydrogen-bond donors (Lipinski definition) is 1. The molecule has 0 aromatic heterocycles. The second-order valence-electron chi connectivity index (χ2n) is 7.57. The van der Waals surface area contributed by atoms with Crippen LogP contribution < -0.4 is 0 Å². The summed E-state index contributed by atoms with van der Waals surface area (Å²) in [5.41, 5.74) is 0. The van der Waals surface area contributed by atoms with E-state index in [4.69, 9.17) is 7.85 Å². The number of carboxylic acids is 1. The quantitative estimate of drug-likeness (QED) is 0.163. The summed E-state index contributed by atoms with van der Waals surface area (Å²) in [6, 6.07) is 0. The minimum Gasteiger partial charge on any atom is -0.481 e. The average molecular weight is 369 g/mol. The highest BCUT2D eigenvalue weighted by molar-refractivity contribution is 5.66. The first kappa shape index (κ1) is 21.5. The Balaban J connectivity index is 3.23. The molecule has 154 valence electrons. The molecule has 0 aromatic rings. The normalized spacial score (nSPS) is 13.1. The van der Waals surface area contributed by atoms with Gasteiger partial charge in [-0.05, 0) is 32.1 Å². The fraction of sp³-hybridized carbons (Fsp3) is 0.875. The fourth-order valence-electron chi connectivity index (χ4n) is 3.22. The van der Waals surface area contributed by atoms with E-state index in [-0.39, 0.29) is 6.42 Å². The van der Waals surface area contributed by atoms with Crippen molar-refractivity contribution in [3.8, 4) is 0 Å². The zero-order valence-corrected chi connectivity index (χ0v) is 17.4. The predicted molar refractivity (Wildman–Crippen MR) is 115 cm³/mol. The van der Waals surface area contributed by atoms with Gasteiger partial charge in [0.15, 0.2) is 0 Å². The Bertz CT molecular complexity index is 381. The number of hydrogen-bond acceptors (Lipinski definition) is 1. The summed E-state index contributed by atoms with van der Waals surface area (Å²) in [6.07, 6.45) is 24.7. The summed E-state index contributed by atoms with van der Waals surface area (Å²) >= 11 is 0. The molecule has 0 rings (SSSR count). The highest BCUT2D eigenvalue weighted by Crippen LogP contribution is 2.13. The van der Waals surface area contributed by atoms with Gasteiger partial charge < -0.3 is 5.11 Å². The maximum atomic E-state index is 10.6. The van der Waals surface area contributed by atoms with Crippen molar-refractivity contribution >= 4 is 5.97 Å². The number of unbranched alkanes of at least 4 members (excludes halogenated alkanes) is 15. The minimum absolute atomic E-state index is 0.367. The van der Waals surface area contributed by atoms with Crippen molar-refractivity contribution in [2.75, 3.05) is 0 Å². The Kier molecular flexibility index (Phi) is 18.4. The largest absolute Gasteiger partial charge is 0.481 e. The molecule has 26 heavy (non-hydrogen) atoms. The number of rotatable bonds is 21. The first-order valence-electron chi connectivity index (χ1n) is 12.3. The van der Waals surface area contributed by atoms with Gasteiger partial charge in [0.1, 0.15) is 0 Å². The average Bonchev–Trinajstić information content (AvgIpc) is 2.62. The molecule has 0 spiro atoms. The summed E-state index contributed by atoms with van der Waals surface area (Å²) in [7, 11) is 0. The van der Waals surface area contributed by atoms with Gasteiger partial charge in [-0.25, -0.2) is 0 Å². The molecule has 0 radical (unpaired) electrons. The second kappa shape index (κ2) is 22.3. The van der Waals surface area contributed by atoms with E-state index in [1.807, 2.05) is 0 Å². The van der Waals surface area contributed by atoms with E-state index < -0.39 is 12.3 Å². The van der Waals surface area contributed by atoms with E-state index in [1.165, 1.54) is 89.9 Å². The van der Waals surface area contributed by atoms with Crippen molar-refractivity contribution in [2.45, 2.75) is 135 Å². The van der Waals surface area contributed by atoms with Crippen LogP contribution in [0, 0.1) is 0 Å². The Labute approximate surface area is 166 Å². The van der Waals surface area contributed by atoms with Crippen LogP contribution in [0.25, 0.3) is 0 Å². The molecule has 0 aliphatic carbocycles. The van der Waals surface area contributed by atoms with Gasteiger partial charge in [-0.2, -0.15) is 0 Å². The van der Waals surface area contributed by atoms with E-state index in [1.54, 1.807) is 0 Å². The van der Waals surface area contributed by atoms with E-state index in [2.05, 4.69) is 19.1 Å². The van der Waals surface area contributed by atoms with Crippen LogP contribution in [0.4, 0.5) is 0 Å². The molecule has 0 unspecified atom stereocenters. The van der Waals surface area contributed by atoms with Gasteiger partial charge in [0.05, 0.1) is 0 Å². The molecule has 1 N–H and O–H groups in total. The SMILES string of the molecule is [2H]C([2H])(CCCCCCCCCCC/C=C\CCCCCCCC)CC(=O)O. The van der Waals surface area contributed by atoms with E-state index in [0.29, 0.717) is 6.42 Å². The van der Waals surface area contributed by atoms with Gasteiger partial charge in [-0.3, -0.25) is 4.79 Å². The van der Waals surface area contributed by atoms with Crippen LogP contribution in [-0.2, 0) is 4.79 Å². The number of aliphatic carboxylic acids is 1. The van der Waals surface area contributed by atoms with Gasteiger partial charge in [0, 0.05) is 9.16 Å². The van der Waals surface area contributed by atoms with Crippen LogP contribution in [0.3, 0.4) is 0 Å². The third-order valence-corrected chi connectivity index (χ3v) is 4.89. The number of allylic oxidation sites excluding steroid dienone is 2. The van der Waals surface area contributed by atoms with Crippen LogP contribution in [0.5, 0.6) is 0 Å². The Morgan fingerprint density at radius 2 is 1.08 bits per heavy atom. The maximum Gasteiger partial charge on any atom is 0.303 e. The lowest BCUT2D eigenvalue weighted by molar-refractivity contribution is -0.137. The van der Waals surface area contributed by atoms with Crippen molar-refractivity contribution in [2.24, 2.45) is 0 Å². The Hall–Kier alpha value is -0.790. The Morgan fingerprint density at radius 3 is 1.50 bits per heavy atom. The zero-order valence-electron chi connectivity index (χ0n) is 19.4. The van der Waals surface area contributed by atoms with Crippen LogP contribution in [0.15, 0.2) is 12.2 Å². The lowest BCUT2D eigenvalue weighted by Gasteiger charge is -2.02. The molecule has 2 nitrogen and oxygen atoms in total. The molecule has 0 aromatic carbocycles. The van der Waals surface area contributed by atoms with Gasteiger partial charge in [0.2, 0.25) is 0 Å². The fourth-order valence-corrected chi connectivity index (χ4v) is 3.22. The summed E-state index contributed by atoms with van der Waals surface area (Å²) < 4.78 is 15.3. The lowest BCUT2D eigenvalue weighted by Crippen LogP contribution is -1.93. The van der Waals surface area contributed by atoms with E-state index in [0.717, 1.165) is 19.3 Å². The standard InChI is InChI=1S/C24H46O2/c1-2-3-4-5-6-7-8-9-10-11-12-13-14-15-16-17-18-19-20-21-22-23-24(25)26/h9-10H,2-8,11-23H2,1H3,(H,25,26)/b10-9-/i22D2. The number of carboxylic acid groups (broad SMARTS) is 1. The van der Waals surface area contributed by atoms with Crippen LogP contribution >= 0.6 is 0 Å². The smallest absolute Gasteiger partial charge is 0.303 e. The highest BCUT2D eigenvalue weighted by Gasteiger charge is 1.97. The molecular weight excluding hydrogens is 320 g/mol. The molecule has 0 saturated carbocycles. The van der Waals surface area contributed by atoms with Gasteiger partial charge in [-0.1, -0.05) is 109 Å². The van der Waals surface area contributed by atoms with Crippen molar-refractivity contribution in [1.82, 2.24) is 0 Å². The molecule has 0 heterocycles. The molecule has 0 aliphatic heterocycles. The second-order valence-corrected chi connectivity index (χ2v) is 7.57. The summed E-state index contributed by atoms with van der Waals surface area (Å²) in [6.45, 7) is 2.27. The number of carbonyl (C=O) groups is 1. The predicted octanol–water partition coefficient (Wildman–Crippen LogP) is 8.45. The minimum atomic E-state index is -1.55. The van der Waals surface area contributed by atoms with E-state index >= 15 is 0 Å². The lowest BCUT2D eigenvalue weighted by atomic mass is 10.0. The van der Waals surface area contributed by atoms with Crippen molar-refractivity contribution < 1.29 is 12.6 Å². The monoisotopic (exact) mass is 368 g/mol. The summed E-state index contributed by atoms with van der Waals surface area (Å²) in [5, 5.41) is 8.66. The van der Waals surface area contributed by atoms with Crippen LogP contribution in [0.2, 0.25) is 0 Å². The van der Waals surface area contributed by atoms with Gasteiger partial charge in [-0.15, -0.1) is 0 Å². The zero-order chi connectivity index (χ0) is 20.9. The van der Waals surface area contributed by atoms with Gasteiger partial charge >= 0.3 is 5.97 Å². The maximum absolute atomic E-state index is 10.6. The molecular formula is C24H46O2. The molecule has 0 aliphatic rings. The molecule has 0 atom stereocenters.